The molecule has 3 aromatic rings. The summed E-state index contributed by atoms with van der Waals surface area (Å²) in [6.07, 6.45) is 5.01. The molecule has 1 aliphatic rings. The quantitative estimate of drug-likeness (QED) is 0.204. The van der Waals surface area contributed by atoms with Crippen LogP contribution in [0.15, 0.2) is 71.5 Å². The summed E-state index contributed by atoms with van der Waals surface area (Å²) < 4.78 is 5.47. The van der Waals surface area contributed by atoms with Crippen molar-refractivity contribution in [1.82, 2.24) is 20.5 Å². The summed E-state index contributed by atoms with van der Waals surface area (Å²) >= 11 is 0. The number of carbonyl (C=O) groups is 2. The number of H-pyrrole nitrogens is 1. The number of hydrogen-bond acceptors (Lipinski definition) is 6. The number of nitrogens with one attached hydrogen (secondary N) is 3. The number of aliphatic hydroxyl groups is 1. The highest BCUT2D eigenvalue weighted by Crippen LogP contribution is 2.39. The van der Waals surface area contributed by atoms with Gasteiger partial charge in [0.1, 0.15) is 11.4 Å². The number of amides is 2. The molecule has 1 aromatic heterocycles. The van der Waals surface area contributed by atoms with Crippen LogP contribution in [0, 0.1) is 0 Å². The van der Waals surface area contributed by atoms with Gasteiger partial charge in [0.15, 0.2) is 0 Å². The van der Waals surface area contributed by atoms with Crippen LogP contribution >= 0.6 is 0 Å². The number of hydrogen-bond donors (Lipinski definition) is 4. The van der Waals surface area contributed by atoms with Gasteiger partial charge in [-0.15, -0.1) is 0 Å². The molecule has 1 saturated carbocycles. The van der Waals surface area contributed by atoms with Crippen LogP contribution in [-0.4, -0.2) is 65.7 Å². The van der Waals surface area contributed by atoms with E-state index in [0.717, 1.165) is 55.4 Å². The molecule has 0 spiro atoms. The molecule has 2 amide bonds. The van der Waals surface area contributed by atoms with Crippen molar-refractivity contribution in [3.8, 4) is 5.75 Å². The zero-order chi connectivity index (χ0) is 31.5. The normalized spacial score (nSPS) is 15.4. The molecular formula is C35H46N4O5. The van der Waals surface area contributed by atoms with Gasteiger partial charge in [-0.3, -0.25) is 14.4 Å². The van der Waals surface area contributed by atoms with Gasteiger partial charge in [-0.25, -0.2) is 0 Å². The molecule has 1 heterocycles. The van der Waals surface area contributed by atoms with Crippen LogP contribution in [0.5, 0.6) is 5.75 Å². The summed E-state index contributed by atoms with van der Waals surface area (Å²) in [5.41, 5.74) is 1.38. The second kappa shape index (κ2) is 15.7. The van der Waals surface area contributed by atoms with Crippen LogP contribution in [0.4, 0.5) is 0 Å². The molecule has 4 rings (SSSR count). The minimum absolute atomic E-state index is 0.0179. The monoisotopic (exact) mass is 602 g/mol. The van der Waals surface area contributed by atoms with Crippen LogP contribution in [0.3, 0.4) is 0 Å². The third kappa shape index (κ3) is 8.36. The number of nitrogens with zero attached hydrogens (tertiary/aromatic N) is 1. The number of methoxy groups -OCH3 is 1. The van der Waals surface area contributed by atoms with Gasteiger partial charge < -0.3 is 30.4 Å². The molecule has 0 radical (unpaired) electrons. The van der Waals surface area contributed by atoms with Crippen molar-refractivity contribution in [2.45, 2.75) is 76.5 Å². The lowest BCUT2D eigenvalue weighted by Crippen LogP contribution is -2.52. The SMILES string of the molecule is CCCN(CCC)C(=O)c1cc(C(=O)N[C@@H](Cc2ccccc2)[C@H](O)CNC2(c3cccc(OC)c3)CCCC2)[nH]c(=O)c1. The third-order valence-corrected chi connectivity index (χ3v) is 8.42. The van der Waals surface area contributed by atoms with E-state index in [-0.39, 0.29) is 29.2 Å². The number of benzene rings is 2. The van der Waals surface area contributed by atoms with Gasteiger partial charge in [-0.2, -0.15) is 0 Å². The second-order valence-electron chi connectivity index (χ2n) is 11.7. The van der Waals surface area contributed by atoms with Crippen molar-refractivity contribution in [2.24, 2.45) is 0 Å². The predicted molar refractivity (Wildman–Crippen MR) is 172 cm³/mol. The van der Waals surface area contributed by atoms with Crippen LogP contribution < -0.4 is 20.9 Å². The number of pyridine rings is 1. The molecule has 2 aromatic carbocycles. The average Bonchev–Trinajstić information content (AvgIpc) is 3.53. The lowest BCUT2D eigenvalue weighted by Gasteiger charge is -2.34. The fourth-order valence-electron chi connectivity index (χ4n) is 6.13. The first kappa shape index (κ1) is 33.0. The Morgan fingerprint density at radius 2 is 1.70 bits per heavy atom. The minimum Gasteiger partial charge on any atom is -0.497 e. The summed E-state index contributed by atoms with van der Waals surface area (Å²) in [7, 11) is 1.65. The first-order valence-corrected chi connectivity index (χ1v) is 15.7. The fourth-order valence-corrected chi connectivity index (χ4v) is 6.13. The molecule has 9 heteroatoms. The molecular weight excluding hydrogens is 556 g/mol. The highest BCUT2D eigenvalue weighted by Gasteiger charge is 2.36. The third-order valence-electron chi connectivity index (χ3n) is 8.42. The molecule has 0 saturated heterocycles. The molecule has 1 aliphatic carbocycles. The number of aromatic nitrogens is 1. The molecule has 236 valence electrons. The standard InChI is InChI=1S/C35H46N4O5/c1-4-18-39(19-5-2)34(43)26-21-30(37-32(41)22-26)33(42)38-29(20-25-12-7-6-8-13-25)31(40)24-36-35(16-9-10-17-35)27-14-11-15-28(23-27)44-3/h6-8,11-15,21-23,29,31,36,40H,4-5,9-10,16-20,24H2,1-3H3,(H,37,41)(H,38,42)/t29-,31+/m0/s1. The Morgan fingerprint density at radius 3 is 2.36 bits per heavy atom. The lowest BCUT2D eigenvalue weighted by molar-refractivity contribution is 0.0755. The summed E-state index contributed by atoms with van der Waals surface area (Å²) in [5.74, 6) is -0.0523. The predicted octanol–water partition coefficient (Wildman–Crippen LogP) is 4.41. The van der Waals surface area contributed by atoms with E-state index >= 15 is 0 Å². The molecule has 9 nitrogen and oxygen atoms in total. The van der Waals surface area contributed by atoms with Crippen LogP contribution in [0.1, 0.15) is 84.3 Å². The Balaban J connectivity index is 1.55. The van der Waals surface area contributed by atoms with E-state index in [4.69, 9.17) is 4.74 Å². The van der Waals surface area contributed by atoms with E-state index in [1.54, 1.807) is 12.0 Å². The maximum Gasteiger partial charge on any atom is 0.268 e. The summed E-state index contributed by atoms with van der Waals surface area (Å²) in [6.45, 7) is 5.36. The Labute approximate surface area is 260 Å². The largest absolute Gasteiger partial charge is 0.497 e. The smallest absolute Gasteiger partial charge is 0.268 e. The van der Waals surface area contributed by atoms with Gasteiger partial charge in [-0.05, 0) is 61.4 Å². The topological polar surface area (TPSA) is 124 Å². The van der Waals surface area contributed by atoms with E-state index < -0.39 is 23.6 Å². The fraction of sp³-hybridized carbons (Fsp3) is 0.457. The zero-order valence-electron chi connectivity index (χ0n) is 26.1. The molecule has 0 aliphatic heterocycles. The summed E-state index contributed by atoms with van der Waals surface area (Å²) in [5, 5.41) is 18.1. The molecule has 2 atom stereocenters. The lowest BCUT2D eigenvalue weighted by atomic mass is 9.87. The maximum atomic E-state index is 13.6. The molecule has 4 N–H and O–H groups in total. The average molecular weight is 603 g/mol. The number of aliphatic hydroxyl groups excluding tert-OH is 1. The van der Waals surface area contributed by atoms with Gasteiger partial charge in [0.05, 0.1) is 19.3 Å². The van der Waals surface area contributed by atoms with Gasteiger partial charge >= 0.3 is 0 Å². The summed E-state index contributed by atoms with van der Waals surface area (Å²) in [4.78, 5) is 43.6. The first-order valence-electron chi connectivity index (χ1n) is 15.7. The van der Waals surface area contributed by atoms with E-state index in [9.17, 15) is 19.5 Å². The van der Waals surface area contributed by atoms with Crippen molar-refractivity contribution >= 4 is 11.8 Å². The highest BCUT2D eigenvalue weighted by atomic mass is 16.5. The van der Waals surface area contributed by atoms with Crippen molar-refractivity contribution in [1.29, 1.82) is 0 Å². The number of aromatic amines is 1. The van der Waals surface area contributed by atoms with E-state index in [0.29, 0.717) is 19.5 Å². The van der Waals surface area contributed by atoms with Gasteiger partial charge in [-0.1, -0.05) is 69.2 Å². The molecule has 1 fully saturated rings. The Morgan fingerprint density at radius 1 is 1.00 bits per heavy atom. The van der Waals surface area contributed by atoms with Gasteiger partial charge in [0.25, 0.3) is 11.8 Å². The number of ether oxygens (including phenoxy) is 1. The van der Waals surface area contributed by atoms with Crippen LogP contribution in [0.25, 0.3) is 0 Å². The Kier molecular flexibility index (Phi) is 11.7. The zero-order valence-corrected chi connectivity index (χ0v) is 26.1. The minimum atomic E-state index is -0.941. The van der Waals surface area contributed by atoms with Crippen molar-refractivity contribution in [2.75, 3.05) is 26.7 Å². The first-order chi connectivity index (χ1) is 21.3. The van der Waals surface area contributed by atoms with Crippen molar-refractivity contribution in [3.63, 3.8) is 0 Å². The van der Waals surface area contributed by atoms with E-state index in [2.05, 4.69) is 21.7 Å². The summed E-state index contributed by atoms with van der Waals surface area (Å²) in [6, 6.07) is 19.7. The van der Waals surface area contributed by atoms with Crippen molar-refractivity contribution in [3.05, 3.63) is 99.5 Å². The molecule has 0 bridgehead atoms. The number of rotatable bonds is 15. The second-order valence-corrected chi connectivity index (χ2v) is 11.7. The highest BCUT2D eigenvalue weighted by molar-refractivity contribution is 5.98. The number of carbonyl (C=O) groups excluding carboxylic acids is 2. The van der Waals surface area contributed by atoms with E-state index in [1.165, 1.54) is 12.1 Å². The maximum absolute atomic E-state index is 13.6. The van der Waals surface area contributed by atoms with Crippen LogP contribution in [0.2, 0.25) is 0 Å². The van der Waals surface area contributed by atoms with Gasteiger partial charge in [0, 0.05) is 36.8 Å². The molecule has 0 unspecified atom stereocenters. The van der Waals surface area contributed by atoms with Crippen molar-refractivity contribution < 1.29 is 19.4 Å². The Hall–Kier alpha value is -3.95. The van der Waals surface area contributed by atoms with E-state index in [1.807, 2.05) is 62.4 Å². The van der Waals surface area contributed by atoms with Crippen LogP contribution in [-0.2, 0) is 12.0 Å². The Bertz CT molecular complexity index is 1430. The molecule has 44 heavy (non-hydrogen) atoms. The van der Waals surface area contributed by atoms with Gasteiger partial charge in [0.2, 0.25) is 5.56 Å².